The molecule has 3 rings (SSSR count). The SMILES string of the molecule is CC1=NC(Cl)=C(c2ccc3c(C)[nH]nc3c2)C1. The Kier molecular flexibility index (Phi) is 2.30. The molecule has 4 heteroatoms. The second-order valence-electron chi connectivity index (χ2n) is 4.37. The van der Waals surface area contributed by atoms with Crippen LogP contribution in [0, 0.1) is 6.92 Å². The lowest BCUT2D eigenvalue weighted by atomic mass is 10.0. The standard InChI is InChI=1S/C13H12ClN3/c1-7-5-11(13(14)15-7)9-3-4-10-8(2)16-17-12(10)6-9/h3-4,6H,5H2,1-2H3,(H,16,17). The Balaban J connectivity index is 2.11. The first-order valence-electron chi connectivity index (χ1n) is 5.53. The topological polar surface area (TPSA) is 41.0 Å². The summed E-state index contributed by atoms with van der Waals surface area (Å²) in [7, 11) is 0. The van der Waals surface area contributed by atoms with Crippen LogP contribution in [0.25, 0.3) is 16.5 Å². The average Bonchev–Trinajstić information content (AvgIpc) is 2.82. The van der Waals surface area contributed by atoms with E-state index in [-0.39, 0.29) is 0 Å². The first-order valence-corrected chi connectivity index (χ1v) is 5.91. The van der Waals surface area contributed by atoms with Gasteiger partial charge >= 0.3 is 0 Å². The summed E-state index contributed by atoms with van der Waals surface area (Å²) < 4.78 is 0. The number of fused-ring (bicyclic) bond motifs is 1. The number of H-pyrrole nitrogens is 1. The van der Waals surface area contributed by atoms with Gasteiger partial charge in [0, 0.05) is 28.8 Å². The normalized spacial score (nSPS) is 15.8. The fourth-order valence-corrected chi connectivity index (χ4v) is 2.48. The lowest BCUT2D eigenvalue weighted by molar-refractivity contribution is 1.07. The van der Waals surface area contributed by atoms with Crippen LogP contribution >= 0.6 is 11.6 Å². The van der Waals surface area contributed by atoms with Gasteiger partial charge in [-0.25, -0.2) is 4.99 Å². The molecule has 0 amide bonds. The Morgan fingerprint density at radius 1 is 1.29 bits per heavy atom. The smallest absolute Gasteiger partial charge is 0.133 e. The van der Waals surface area contributed by atoms with Crippen molar-refractivity contribution in [3.05, 3.63) is 34.6 Å². The molecule has 0 bridgehead atoms. The molecule has 86 valence electrons. The lowest BCUT2D eigenvalue weighted by Crippen LogP contribution is -1.88. The predicted molar refractivity (Wildman–Crippen MR) is 71.3 cm³/mol. The van der Waals surface area contributed by atoms with Gasteiger partial charge in [0.2, 0.25) is 0 Å². The lowest BCUT2D eigenvalue weighted by Gasteiger charge is -2.02. The van der Waals surface area contributed by atoms with Crippen LogP contribution in [0.15, 0.2) is 28.3 Å². The quantitative estimate of drug-likeness (QED) is 0.766. The van der Waals surface area contributed by atoms with Crippen molar-refractivity contribution in [1.82, 2.24) is 10.2 Å². The summed E-state index contributed by atoms with van der Waals surface area (Å²) in [5, 5.41) is 9.01. The van der Waals surface area contributed by atoms with Crippen LogP contribution in [0.1, 0.15) is 24.6 Å². The number of rotatable bonds is 1. The van der Waals surface area contributed by atoms with E-state index in [1.807, 2.05) is 13.8 Å². The van der Waals surface area contributed by atoms with Gasteiger partial charge in [-0.1, -0.05) is 23.7 Å². The van der Waals surface area contributed by atoms with Crippen molar-refractivity contribution < 1.29 is 0 Å². The van der Waals surface area contributed by atoms with Crippen LogP contribution < -0.4 is 0 Å². The minimum absolute atomic E-state index is 0.606. The average molecular weight is 246 g/mol. The van der Waals surface area contributed by atoms with Crippen LogP contribution in [0.5, 0.6) is 0 Å². The first-order chi connectivity index (χ1) is 8.15. The Labute approximate surface area is 104 Å². The van der Waals surface area contributed by atoms with Gasteiger partial charge in [0.15, 0.2) is 0 Å². The van der Waals surface area contributed by atoms with E-state index in [1.165, 1.54) is 0 Å². The van der Waals surface area contributed by atoms with E-state index in [2.05, 4.69) is 33.4 Å². The van der Waals surface area contributed by atoms with Gasteiger partial charge in [0.1, 0.15) is 5.16 Å². The molecule has 1 aliphatic rings. The molecule has 2 heterocycles. The van der Waals surface area contributed by atoms with Gasteiger partial charge in [-0.15, -0.1) is 0 Å². The van der Waals surface area contributed by atoms with Crippen molar-refractivity contribution in [2.45, 2.75) is 20.3 Å². The molecule has 0 saturated heterocycles. The highest BCUT2D eigenvalue weighted by molar-refractivity contribution is 6.35. The third-order valence-corrected chi connectivity index (χ3v) is 3.38. The highest BCUT2D eigenvalue weighted by Gasteiger charge is 2.16. The Bertz CT molecular complexity index is 664. The van der Waals surface area contributed by atoms with Gasteiger partial charge in [0.05, 0.1) is 5.52 Å². The van der Waals surface area contributed by atoms with Crippen molar-refractivity contribution in [3.8, 4) is 0 Å². The number of allylic oxidation sites excluding steroid dienone is 1. The molecule has 0 spiro atoms. The summed E-state index contributed by atoms with van der Waals surface area (Å²) in [5.41, 5.74) is 5.32. The maximum Gasteiger partial charge on any atom is 0.133 e. The predicted octanol–water partition coefficient (Wildman–Crippen LogP) is 3.64. The molecule has 0 unspecified atom stereocenters. The maximum atomic E-state index is 6.13. The highest BCUT2D eigenvalue weighted by Crippen LogP contribution is 2.32. The largest absolute Gasteiger partial charge is 0.282 e. The van der Waals surface area contributed by atoms with E-state index >= 15 is 0 Å². The second-order valence-corrected chi connectivity index (χ2v) is 4.73. The summed E-state index contributed by atoms with van der Waals surface area (Å²) in [6, 6.07) is 6.22. The third kappa shape index (κ3) is 1.67. The zero-order valence-electron chi connectivity index (χ0n) is 9.71. The van der Waals surface area contributed by atoms with Crippen molar-refractivity contribution in [2.24, 2.45) is 4.99 Å². The maximum absolute atomic E-state index is 6.13. The van der Waals surface area contributed by atoms with E-state index in [9.17, 15) is 0 Å². The highest BCUT2D eigenvalue weighted by atomic mass is 35.5. The Morgan fingerprint density at radius 2 is 2.12 bits per heavy atom. The summed E-state index contributed by atoms with van der Waals surface area (Å²) in [6.45, 7) is 4.01. The van der Waals surface area contributed by atoms with Crippen molar-refractivity contribution in [1.29, 1.82) is 0 Å². The first kappa shape index (κ1) is 10.5. The number of aliphatic imine (C=N–C) groups is 1. The number of nitrogens with zero attached hydrogens (tertiary/aromatic N) is 2. The number of hydrogen-bond donors (Lipinski definition) is 1. The summed E-state index contributed by atoms with van der Waals surface area (Å²) >= 11 is 6.13. The van der Waals surface area contributed by atoms with E-state index < -0.39 is 0 Å². The molecule has 0 aliphatic carbocycles. The van der Waals surface area contributed by atoms with Gasteiger partial charge < -0.3 is 0 Å². The van der Waals surface area contributed by atoms with Crippen LogP contribution in [-0.2, 0) is 0 Å². The fraction of sp³-hybridized carbons (Fsp3) is 0.231. The van der Waals surface area contributed by atoms with E-state index in [1.54, 1.807) is 0 Å². The van der Waals surface area contributed by atoms with Crippen LogP contribution in [-0.4, -0.2) is 15.9 Å². The number of halogens is 1. The number of aromatic nitrogens is 2. The van der Waals surface area contributed by atoms with Crippen molar-refractivity contribution >= 4 is 33.8 Å². The molecule has 1 N–H and O–H groups in total. The van der Waals surface area contributed by atoms with Gasteiger partial charge in [-0.3, -0.25) is 5.10 Å². The summed E-state index contributed by atoms with van der Waals surface area (Å²) in [4.78, 5) is 4.27. The van der Waals surface area contributed by atoms with E-state index in [0.717, 1.165) is 39.9 Å². The molecular weight excluding hydrogens is 234 g/mol. The Hall–Kier alpha value is -1.61. The van der Waals surface area contributed by atoms with Crippen LogP contribution in [0.3, 0.4) is 0 Å². The molecule has 1 aromatic carbocycles. The van der Waals surface area contributed by atoms with Crippen LogP contribution in [0.4, 0.5) is 0 Å². The number of hydrogen-bond acceptors (Lipinski definition) is 2. The van der Waals surface area contributed by atoms with E-state index in [0.29, 0.717) is 5.16 Å². The molecule has 3 nitrogen and oxygen atoms in total. The minimum atomic E-state index is 0.606. The zero-order chi connectivity index (χ0) is 12.0. The molecule has 1 aliphatic heterocycles. The van der Waals surface area contributed by atoms with Crippen molar-refractivity contribution in [3.63, 3.8) is 0 Å². The molecule has 0 atom stereocenters. The molecular formula is C13H12ClN3. The number of nitrogens with one attached hydrogen (secondary N) is 1. The van der Waals surface area contributed by atoms with Gasteiger partial charge in [-0.05, 0) is 25.5 Å². The Morgan fingerprint density at radius 3 is 2.82 bits per heavy atom. The number of aromatic amines is 1. The number of aryl methyl sites for hydroxylation is 1. The molecule has 17 heavy (non-hydrogen) atoms. The van der Waals surface area contributed by atoms with E-state index in [4.69, 9.17) is 11.6 Å². The molecule has 0 saturated carbocycles. The van der Waals surface area contributed by atoms with Gasteiger partial charge in [-0.2, -0.15) is 5.10 Å². The zero-order valence-corrected chi connectivity index (χ0v) is 10.5. The van der Waals surface area contributed by atoms with Gasteiger partial charge in [0.25, 0.3) is 0 Å². The third-order valence-electron chi connectivity index (χ3n) is 3.06. The number of benzene rings is 1. The molecule has 1 aromatic heterocycles. The fourth-order valence-electron chi connectivity index (χ4n) is 2.16. The monoisotopic (exact) mass is 245 g/mol. The minimum Gasteiger partial charge on any atom is -0.282 e. The summed E-state index contributed by atoms with van der Waals surface area (Å²) in [6.07, 6.45) is 0.827. The molecule has 0 fully saturated rings. The van der Waals surface area contributed by atoms with Crippen LogP contribution in [0.2, 0.25) is 0 Å². The summed E-state index contributed by atoms with van der Waals surface area (Å²) in [5.74, 6) is 0. The molecule has 2 aromatic rings. The second kappa shape index (κ2) is 3.70. The van der Waals surface area contributed by atoms with Crippen molar-refractivity contribution in [2.75, 3.05) is 0 Å². The molecule has 0 radical (unpaired) electrons.